The van der Waals surface area contributed by atoms with E-state index in [1.165, 1.54) is 31.5 Å². The summed E-state index contributed by atoms with van der Waals surface area (Å²) < 4.78 is 10.3. The van der Waals surface area contributed by atoms with Crippen molar-refractivity contribution in [3.05, 3.63) is 29.8 Å². The van der Waals surface area contributed by atoms with E-state index in [1.54, 1.807) is 14.2 Å². The summed E-state index contributed by atoms with van der Waals surface area (Å²) in [5.41, 5.74) is 2.48. The summed E-state index contributed by atoms with van der Waals surface area (Å²) in [6.45, 7) is 4.20. The molecule has 0 spiro atoms. The topological polar surface area (TPSA) is 33.7 Å². The molecule has 1 saturated heterocycles. The Morgan fingerprint density at radius 1 is 1.11 bits per heavy atom. The van der Waals surface area contributed by atoms with Crippen LogP contribution in [0.15, 0.2) is 24.3 Å². The first kappa shape index (κ1) is 14.3. The zero-order valence-corrected chi connectivity index (χ0v) is 11.9. The molecule has 1 fully saturated rings. The number of benzene rings is 1. The second kappa shape index (κ2) is 7.48. The van der Waals surface area contributed by atoms with Gasteiger partial charge in [0.25, 0.3) is 0 Å². The van der Waals surface area contributed by atoms with Crippen LogP contribution >= 0.6 is 0 Å². The van der Waals surface area contributed by atoms with Gasteiger partial charge in [-0.05, 0) is 43.6 Å². The maximum atomic E-state index is 5.14. The van der Waals surface area contributed by atoms with Crippen LogP contribution in [-0.4, -0.2) is 45.0 Å². The third-order valence-corrected chi connectivity index (χ3v) is 3.56. The predicted octanol–water partition coefficient (Wildman–Crippen LogP) is 2.31. The highest BCUT2D eigenvalue weighted by Gasteiger charge is 2.11. The number of rotatable bonds is 7. The lowest BCUT2D eigenvalue weighted by molar-refractivity contribution is -0.0914. The lowest BCUT2D eigenvalue weighted by Gasteiger charge is -2.16. The van der Waals surface area contributed by atoms with Crippen molar-refractivity contribution in [3.8, 4) is 0 Å². The summed E-state index contributed by atoms with van der Waals surface area (Å²) in [4.78, 5) is 2.51. The molecule has 4 nitrogen and oxygen atoms in total. The Bertz CT molecular complexity index is 357. The summed E-state index contributed by atoms with van der Waals surface area (Å²) >= 11 is 0. The molecule has 0 amide bonds. The van der Waals surface area contributed by atoms with E-state index in [0.29, 0.717) is 6.54 Å². The number of methoxy groups -OCH3 is 2. The van der Waals surface area contributed by atoms with Crippen LogP contribution < -0.4 is 5.32 Å². The molecule has 19 heavy (non-hydrogen) atoms. The van der Waals surface area contributed by atoms with Gasteiger partial charge in [-0.15, -0.1) is 0 Å². The van der Waals surface area contributed by atoms with Crippen molar-refractivity contribution in [2.45, 2.75) is 25.7 Å². The molecule has 0 saturated carbocycles. The first-order valence-electron chi connectivity index (χ1n) is 6.92. The highest BCUT2D eigenvalue weighted by atomic mass is 16.7. The lowest BCUT2D eigenvalue weighted by Crippen LogP contribution is -2.23. The number of nitrogens with one attached hydrogen (secondary N) is 1. The van der Waals surface area contributed by atoms with Gasteiger partial charge in [0.15, 0.2) is 6.29 Å². The van der Waals surface area contributed by atoms with E-state index in [0.717, 1.165) is 12.2 Å². The highest BCUT2D eigenvalue weighted by Crippen LogP contribution is 2.15. The zero-order chi connectivity index (χ0) is 13.5. The van der Waals surface area contributed by atoms with Gasteiger partial charge in [0, 0.05) is 26.5 Å². The van der Waals surface area contributed by atoms with E-state index in [1.807, 2.05) is 0 Å². The Morgan fingerprint density at radius 2 is 1.74 bits per heavy atom. The van der Waals surface area contributed by atoms with Gasteiger partial charge < -0.3 is 14.8 Å². The minimum absolute atomic E-state index is 0.204. The first-order valence-corrected chi connectivity index (χ1v) is 6.92. The third kappa shape index (κ3) is 4.49. The normalized spacial score (nSPS) is 16.2. The van der Waals surface area contributed by atoms with Gasteiger partial charge in [0.05, 0.1) is 6.54 Å². The number of hydrogen-bond donors (Lipinski definition) is 1. The average molecular weight is 264 g/mol. The standard InChI is InChI=1S/C15H24N2O2/c1-18-15(19-2)11-16-14-7-5-13(6-8-14)12-17-9-3-4-10-17/h5-8,15-16H,3-4,9-12H2,1-2H3. The molecule has 1 aromatic rings. The number of anilines is 1. The SMILES string of the molecule is COC(CNc1ccc(CN2CCCC2)cc1)OC. The predicted molar refractivity (Wildman–Crippen MR) is 77.2 cm³/mol. The van der Waals surface area contributed by atoms with Crippen LogP contribution in [0, 0.1) is 0 Å². The molecule has 0 atom stereocenters. The molecule has 1 N–H and O–H groups in total. The smallest absolute Gasteiger partial charge is 0.173 e. The van der Waals surface area contributed by atoms with Crippen molar-refractivity contribution in [1.82, 2.24) is 4.90 Å². The fourth-order valence-electron chi connectivity index (χ4n) is 2.39. The molecule has 1 aliphatic rings. The maximum absolute atomic E-state index is 5.14. The molecule has 1 aliphatic heterocycles. The van der Waals surface area contributed by atoms with Crippen LogP contribution in [-0.2, 0) is 16.0 Å². The summed E-state index contributed by atoms with van der Waals surface area (Å²) in [5, 5.41) is 3.30. The average Bonchev–Trinajstić information content (AvgIpc) is 2.95. The number of hydrogen-bond acceptors (Lipinski definition) is 4. The number of ether oxygens (including phenoxy) is 2. The molecular formula is C15H24N2O2. The second-order valence-corrected chi connectivity index (χ2v) is 4.96. The Morgan fingerprint density at radius 3 is 2.32 bits per heavy atom. The molecule has 0 unspecified atom stereocenters. The monoisotopic (exact) mass is 264 g/mol. The van der Waals surface area contributed by atoms with Crippen LogP contribution in [0.2, 0.25) is 0 Å². The van der Waals surface area contributed by atoms with Gasteiger partial charge in [0.1, 0.15) is 0 Å². The lowest BCUT2D eigenvalue weighted by atomic mass is 10.2. The van der Waals surface area contributed by atoms with Crippen LogP contribution in [0.1, 0.15) is 18.4 Å². The van der Waals surface area contributed by atoms with Crippen LogP contribution in [0.25, 0.3) is 0 Å². The van der Waals surface area contributed by atoms with Gasteiger partial charge >= 0.3 is 0 Å². The van der Waals surface area contributed by atoms with E-state index in [2.05, 4.69) is 34.5 Å². The molecule has 0 aliphatic carbocycles. The van der Waals surface area contributed by atoms with Gasteiger partial charge in [-0.3, -0.25) is 4.90 Å². The summed E-state index contributed by atoms with van der Waals surface area (Å²) in [6, 6.07) is 8.62. The van der Waals surface area contributed by atoms with Crippen LogP contribution in [0.3, 0.4) is 0 Å². The first-order chi connectivity index (χ1) is 9.31. The molecule has 4 heteroatoms. The minimum atomic E-state index is -0.204. The quantitative estimate of drug-likeness (QED) is 0.766. The molecule has 1 heterocycles. The number of nitrogens with zero attached hydrogens (tertiary/aromatic N) is 1. The van der Waals surface area contributed by atoms with Gasteiger partial charge in [0.2, 0.25) is 0 Å². The largest absolute Gasteiger partial charge is 0.380 e. The van der Waals surface area contributed by atoms with Gasteiger partial charge in [-0.25, -0.2) is 0 Å². The van der Waals surface area contributed by atoms with E-state index < -0.39 is 0 Å². The Labute approximate surface area is 115 Å². The Hall–Kier alpha value is -1.10. The maximum Gasteiger partial charge on any atom is 0.173 e. The molecule has 2 rings (SSSR count). The van der Waals surface area contributed by atoms with E-state index in [-0.39, 0.29) is 6.29 Å². The zero-order valence-electron chi connectivity index (χ0n) is 11.9. The Balaban J connectivity index is 1.80. The minimum Gasteiger partial charge on any atom is -0.380 e. The summed E-state index contributed by atoms with van der Waals surface area (Å²) in [6.07, 6.45) is 2.48. The summed E-state index contributed by atoms with van der Waals surface area (Å²) in [7, 11) is 3.30. The second-order valence-electron chi connectivity index (χ2n) is 4.96. The van der Waals surface area contributed by atoms with Crippen molar-refractivity contribution in [3.63, 3.8) is 0 Å². The van der Waals surface area contributed by atoms with Crippen molar-refractivity contribution in [1.29, 1.82) is 0 Å². The fraction of sp³-hybridized carbons (Fsp3) is 0.600. The van der Waals surface area contributed by atoms with Crippen LogP contribution in [0.4, 0.5) is 5.69 Å². The molecule has 0 bridgehead atoms. The third-order valence-electron chi connectivity index (χ3n) is 3.56. The van der Waals surface area contributed by atoms with E-state index >= 15 is 0 Å². The van der Waals surface area contributed by atoms with Crippen LogP contribution in [0.5, 0.6) is 0 Å². The van der Waals surface area contributed by atoms with Gasteiger partial charge in [-0.2, -0.15) is 0 Å². The van der Waals surface area contributed by atoms with E-state index in [4.69, 9.17) is 9.47 Å². The Kier molecular flexibility index (Phi) is 5.63. The van der Waals surface area contributed by atoms with Crippen molar-refractivity contribution in [2.75, 3.05) is 39.2 Å². The van der Waals surface area contributed by atoms with Crippen molar-refractivity contribution >= 4 is 5.69 Å². The van der Waals surface area contributed by atoms with Crippen molar-refractivity contribution in [2.24, 2.45) is 0 Å². The molecule has 106 valence electrons. The summed E-state index contributed by atoms with van der Waals surface area (Å²) in [5.74, 6) is 0. The van der Waals surface area contributed by atoms with Crippen molar-refractivity contribution < 1.29 is 9.47 Å². The molecule has 0 radical (unpaired) electrons. The van der Waals surface area contributed by atoms with Gasteiger partial charge in [-0.1, -0.05) is 12.1 Å². The molecule has 1 aromatic carbocycles. The van der Waals surface area contributed by atoms with E-state index in [9.17, 15) is 0 Å². The fourth-order valence-corrected chi connectivity index (χ4v) is 2.39. The highest BCUT2D eigenvalue weighted by molar-refractivity contribution is 5.44. The number of likely N-dealkylation sites (tertiary alicyclic amines) is 1. The molecule has 0 aromatic heterocycles. The molecular weight excluding hydrogens is 240 g/mol.